The van der Waals surface area contributed by atoms with Crippen LogP contribution < -0.4 is 5.32 Å². The largest absolute Gasteiger partial charge is 0.385 e. The molecule has 0 aromatic heterocycles. The highest BCUT2D eigenvalue weighted by Crippen LogP contribution is 2.22. The zero-order valence-electron chi connectivity index (χ0n) is 12.6. The van der Waals surface area contributed by atoms with Crippen molar-refractivity contribution in [2.24, 2.45) is 0 Å². The third-order valence-corrected chi connectivity index (χ3v) is 2.93. The van der Waals surface area contributed by atoms with Crippen LogP contribution in [0.1, 0.15) is 19.8 Å². The first-order valence-electron chi connectivity index (χ1n) is 7.27. The summed E-state index contributed by atoms with van der Waals surface area (Å²) in [4.78, 5) is 9.06. The van der Waals surface area contributed by atoms with Gasteiger partial charge in [-0.05, 0) is 35.8 Å². The van der Waals surface area contributed by atoms with Gasteiger partial charge in [0.05, 0.1) is 0 Å². The summed E-state index contributed by atoms with van der Waals surface area (Å²) in [5.74, 6) is 0. The van der Waals surface area contributed by atoms with Crippen molar-refractivity contribution in [1.29, 1.82) is 0 Å². The molecule has 0 unspecified atom stereocenters. The summed E-state index contributed by atoms with van der Waals surface area (Å²) < 4.78 is 0. The number of rotatable bonds is 6. The van der Waals surface area contributed by atoms with Gasteiger partial charge in [-0.1, -0.05) is 62.4 Å². The SMILES string of the molecule is C=CC=O.CCCCNc1cccc(-c2ccccc2)c1. The Morgan fingerprint density at radius 2 is 1.71 bits per heavy atom. The molecular formula is C19H23NO. The van der Waals surface area contributed by atoms with Gasteiger partial charge in [-0.3, -0.25) is 4.79 Å². The van der Waals surface area contributed by atoms with Gasteiger partial charge < -0.3 is 5.32 Å². The molecule has 0 aliphatic heterocycles. The molecule has 0 saturated carbocycles. The number of hydrogen-bond acceptors (Lipinski definition) is 2. The summed E-state index contributed by atoms with van der Waals surface area (Å²) >= 11 is 0. The van der Waals surface area contributed by atoms with Crippen LogP contribution in [0.25, 0.3) is 11.1 Å². The molecule has 0 saturated heterocycles. The quantitative estimate of drug-likeness (QED) is 0.462. The van der Waals surface area contributed by atoms with E-state index in [4.69, 9.17) is 4.79 Å². The van der Waals surface area contributed by atoms with Crippen molar-refractivity contribution in [3.63, 3.8) is 0 Å². The molecule has 2 nitrogen and oxygen atoms in total. The van der Waals surface area contributed by atoms with E-state index >= 15 is 0 Å². The number of unbranched alkanes of at least 4 members (excludes halogenated alkanes) is 1. The molecule has 2 rings (SSSR count). The van der Waals surface area contributed by atoms with Crippen molar-refractivity contribution in [1.82, 2.24) is 0 Å². The van der Waals surface area contributed by atoms with Gasteiger partial charge in [0.2, 0.25) is 0 Å². The number of hydrogen-bond donors (Lipinski definition) is 1. The van der Waals surface area contributed by atoms with E-state index in [2.05, 4.69) is 67.4 Å². The first-order chi connectivity index (χ1) is 10.3. The lowest BCUT2D eigenvalue weighted by Crippen LogP contribution is -2.00. The van der Waals surface area contributed by atoms with E-state index in [1.54, 1.807) is 0 Å². The number of nitrogens with one attached hydrogen (secondary N) is 1. The molecule has 0 atom stereocenters. The van der Waals surface area contributed by atoms with Crippen molar-refractivity contribution in [3.05, 3.63) is 67.3 Å². The van der Waals surface area contributed by atoms with E-state index < -0.39 is 0 Å². The normalized spacial score (nSPS) is 9.19. The van der Waals surface area contributed by atoms with E-state index in [9.17, 15) is 0 Å². The van der Waals surface area contributed by atoms with Crippen LogP contribution in [0.4, 0.5) is 5.69 Å². The van der Waals surface area contributed by atoms with E-state index in [0.29, 0.717) is 6.29 Å². The summed E-state index contributed by atoms with van der Waals surface area (Å²) in [6.07, 6.45) is 4.28. The molecule has 0 amide bonds. The van der Waals surface area contributed by atoms with Crippen LogP contribution >= 0.6 is 0 Å². The van der Waals surface area contributed by atoms with Crippen LogP contribution in [0.5, 0.6) is 0 Å². The van der Waals surface area contributed by atoms with Crippen molar-refractivity contribution in [3.8, 4) is 11.1 Å². The van der Waals surface area contributed by atoms with Gasteiger partial charge in [-0.25, -0.2) is 0 Å². The summed E-state index contributed by atoms with van der Waals surface area (Å²) in [7, 11) is 0. The molecule has 2 aromatic carbocycles. The molecule has 0 bridgehead atoms. The Morgan fingerprint density at radius 1 is 1.05 bits per heavy atom. The molecule has 110 valence electrons. The third kappa shape index (κ3) is 6.57. The Bertz CT molecular complexity index is 528. The smallest absolute Gasteiger partial charge is 0.142 e. The van der Waals surface area contributed by atoms with Crippen LogP contribution in [-0.4, -0.2) is 12.8 Å². The number of benzene rings is 2. The molecular weight excluding hydrogens is 258 g/mol. The molecule has 0 fully saturated rings. The average Bonchev–Trinajstić information content (AvgIpc) is 2.56. The molecule has 1 N–H and O–H groups in total. The minimum Gasteiger partial charge on any atom is -0.385 e. The fraction of sp³-hybridized carbons (Fsp3) is 0.211. The second kappa shape index (κ2) is 10.4. The molecule has 0 aliphatic rings. The molecule has 21 heavy (non-hydrogen) atoms. The first-order valence-corrected chi connectivity index (χ1v) is 7.27. The summed E-state index contributed by atoms with van der Waals surface area (Å²) in [5, 5.41) is 3.46. The molecule has 0 heterocycles. The lowest BCUT2D eigenvalue weighted by molar-refractivity contribution is -0.104. The Morgan fingerprint density at radius 3 is 2.33 bits per heavy atom. The van der Waals surface area contributed by atoms with Crippen molar-refractivity contribution in [2.75, 3.05) is 11.9 Å². The van der Waals surface area contributed by atoms with Crippen molar-refractivity contribution >= 4 is 12.0 Å². The average molecular weight is 281 g/mol. The zero-order chi connectivity index (χ0) is 15.3. The monoisotopic (exact) mass is 281 g/mol. The van der Waals surface area contributed by atoms with Crippen LogP contribution in [0.2, 0.25) is 0 Å². The predicted octanol–water partition coefficient (Wildman–Crippen LogP) is 4.94. The van der Waals surface area contributed by atoms with Crippen LogP contribution in [0.15, 0.2) is 67.3 Å². The molecule has 0 aliphatic carbocycles. The number of carbonyl (C=O) groups excluding carboxylic acids is 1. The number of allylic oxidation sites excluding steroid dienone is 1. The minimum absolute atomic E-state index is 0.639. The standard InChI is InChI=1S/C16H19N.C3H4O/c1-2-3-12-17-16-11-7-10-15(13-16)14-8-5-4-6-9-14;1-2-3-4/h4-11,13,17H,2-3,12H2,1H3;2-3H,1H2. The van der Waals surface area contributed by atoms with Crippen LogP contribution in [0.3, 0.4) is 0 Å². The summed E-state index contributed by atoms with van der Waals surface area (Å²) in [6, 6.07) is 19.1. The Hall–Kier alpha value is -2.35. The highest BCUT2D eigenvalue weighted by atomic mass is 16.1. The minimum atomic E-state index is 0.639. The fourth-order valence-corrected chi connectivity index (χ4v) is 1.85. The third-order valence-electron chi connectivity index (χ3n) is 2.93. The molecule has 0 radical (unpaired) electrons. The summed E-state index contributed by atoms with van der Waals surface area (Å²) in [5.41, 5.74) is 3.75. The molecule has 0 spiro atoms. The number of carbonyl (C=O) groups is 1. The highest BCUT2D eigenvalue weighted by molar-refractivity contribution is 5.67. The zero-order valence-corrected chi connectivity index (χ0v) is 12.6. The number of aldehydes is 1. The van der Waals surface area contributed by atoms with Gasteiger partial charge in [0.15, 0.2) is 0 Å². The van der Waals surface area contributed by atoms with Gasteiger partial charge in [0.1, 0.15) is 6.29 Å². The predicted molar refractivity (Wildman–Crippen MR) is 91.5 cm³/mol. The van der Waals surface area contributed by atoms with Gasteiger partial charge in [0.25, 0.3) is 0 Å². The van der Waals surface area contributed by atoms with Crippen LogP contribution in [-0.2, 0) is 4.79 Å². The number of anilines is 1. The molecule has 2 aromatic rings. The van der Waals surface area contributed by atoms with Crippen molar-refractivity contribution in [2.45, 2.75) is 19.8 Å². The van der Waals surface area contributed by atoms with E-state index in [1.807, 2.05) is 6.07 Å². The molecule has 2 heteroatoms. The lowest BCUT2D eigenvalue weighted by Gasteiger charge is -2.08. The maximum absolute atomic E-state index is 9.06. The van der Waals surface area contributed by atoms with Gasteiger partial charge in [0, 0.05) is 12.2 Å². The maximum Gasteiger partial charge on any atom is 0.142 e. The lowest BCUT2D eigenvalue weighted by atomic mass is 10.1. The van der Waals surface area contributed by atoms with Gasteiger partial charge >= 0.3 is 0 Å². The topological polar surface area (TPSA) is 29.1 Å². The van der Waals surface area contributed by atoms with E-state index in [1.165, 1.54) is 35.7 Å². The Kier molecular flexibility index (Phi) is 8.30. The second-order valence-electron chi connectivity index (χ2n) is 4.60. The second-order valence-corrected chi connectivity index (χ2v) is 4.60. The van der Waals surface area contributed by atoms with E-state index in [-0.39, 0.29) is 0 Å². The van der Waals surface area contributed by atoms with Gasteiger partial charge in [-0.2, -0.15) is 0 Å². The highest BCUT2D eigenvalue weighted by Gasteiger charge is 1.97. The Balaban J connectivity index is 0.000000491. The van der Waals surface area contributed by atoms with Gasteiger partial charge in [-0.15, -0.1) is 0 Å². The Labute approximate surface area is 127 Å². The fourth-order valence-electron chi connectivity index (χ4n) is 1.85. The van der Waals surface area contributed by atoms with E-state index in [0.717, 1.165) is 6.54 Å². The maximum atomic E-state index is 9.06. The van der Waals surface area contributed by atoms with Crippen LogP contribution in [0, 0.1) is 0 Å². The van der Waals surface area contributed by atoms with Crippen molar-refractivity contribution < 1.29 is 4.79 Å². The first kappa shape index (κ1) is 16.7. The summed E-state index contributed by atoms with van der Waals surface area (Å²) in [6.45, 7) is 6.37.